The largest absolute Gasteiger partial charge is 0.491 e. The molecule has 0 saturated carbocycles. The first kappa shape index (κ1) is 19.6. The van der Waals surface area contributed by atoms with E-state index in [2.05, 4.69) is 66.5 Å². The topological polar surface area (TPSA) is 48.9 Å². The summed E-state index contributed by atoms with van der Waals surface area (Å²) in [6.07, 6.45) is 2.74. The molecule has 5 heteroatoms. The van der Waals surface area contributed by atoms with Crippen molar-refractivity contribution in [2.24, 2.45) is 10.9 Å². The Morgan fingerprint density at radius 2 is 2.16 bits per heavy atom. The van der Waals surface area contributed by atoms with E-state index in [1.807, 2.05) is 7.05 Å². The molecule has 1 heterocycles. The van der Waals surface area contributed by atoms with Crippen LogP contribution in [-0.4, -0.2) is 50.7 Å². The van der Waals surface area contributed by atoms with Gasteiger partial charge in [-0.05, 0) is 64.8 Å². The molecule has 1 saturated heterocycles. The molecule has 1 aromatic carbocycles. The minimum atomic E-state index is 0.168. The quantitative estimate of drug-likeness (QED) is 0.614. The Bertz CT molecular complexity index is 571. The zero-order valence-corrected chi connectivity index (χ0v) is 16.4. The van der Waals surface area contributed by atoms with Crippen molar-refractivity contribution >= 4 is 5.96 Å². The summed E-state index contributed by atoms with van der Waals surface area (Å²) in [5.41, 5.74) is 2.36. The number of piperidine rings is 1. The molecule has 2 N–H and O–H groups in total. The maximum atomic E-state index is 5.95. The fourth-order valence-corrected chi connectivity index (χ4v) is 3.25. The van der Waals surface area contributed by atoms with Gasteiger partial charge < -0.3 is 20.3 Å². The van der Waals surface area contributed by atoms with Crippen LogP contribution in [0, 0.1) is 12.8 Å². The summed E-state index contributed by atoms with van der Waals surface area (Å²) < 4.78 is 5.95. The van der Waals surface area contributed by atoms with Crippen LogP contribution in [0.25, 0.3) is 0 Å². The van der Waals surface area contributed by atoms with Gasteiger partial charge in [-0.15, -0.1) is 0 Å². The van der Waals surface area contributed by atoms with E-state index in [4.69, 9.17) is 4.74 Å². The van der Waals surface area contributed by atoms with Crippen LogP contribution >= 0.6 is 0 Å². The lowest BCUT2D eigenvalue weighted by Gasteiger charge is -2.30. The molecular weight excluding hydrogens is 312 g/mol. The van der Waals surface area contributed by atoms with Gasteiger partial charge in [-0.2, -0.15) is 0 Å². The number of nitrogens with one attached hydrogen (secondary N) is 2. The second-order valence-corrected chi connectivity index (χ2v) is 7.35. The first-order valence-electron chi connectivity index (χ1n) is 9.37. The van der Waals surface area contributed by atoms with Crippen molar-refractivity contribution in [3.8, 4) is 5.75 Å². The van der Waals surface area contributed by atoms with Crippen LogP contribution in [0.3, 0.4) is 0 Å². The minimum absolute atomic E-state index is 0.168. The molecule has 0 radical (unpaired) electrons. The fourth-order valence-electron chi connectivity index (χ4n) is 3.25. The smallest absolute Gasteiger partial charge is 0.191 e. The highest BCUT2D eigenvalue weighted by molar-refractivity contribution is 5.79. The number of benzene rings is 1. The van der Waals surface area contributed by atoms with Gasteiger partial charge in [0, 0.05) is 32.2 Å². The molecule has 1 aromatic rings. The summed E-state index contributed by atoms with van der Waals surface area (Å²) in [6.45, 7) is 10.2. The number of hydrogen-bond acceptors (Lipinski definition) is 3. The zero-order valence-electron chi connectivity index (χ0n) is 16.4. The molecule has 0 spiro atoms. The van der Waals surface area contributed by atoms with E-state index in [-0.39, 0.29) is 6.10 Å². The van der Waals surface area contributed by atoms with Gasteiger partial charge in [-0.25, -0.2) is 0 Å². The number of aliphatic imine (C=N–C) groups is 1. The molecular formula is C20H34N4O. The fraction of sp³-hybridized carbons (Fsp3) is 0.650. The van der Waals surface area contributed by atoms with Gasteiger partial charge in [0.25, 0.3) is 0 Å². The summed E-state index contributed by atoms with van der Waals surface area (Å²) in [5, 5.41) is 6.89. The van der Waals surface area contributed by atoms with Crippen molar-refractivity contribution in [1.29, 1.82) is 0 Å². The van der Waals surface area contributed by atoms with Gasteiger partial charge in [0.1, 0.15) is 5.75 Å². The summed E-state index contributed by atoms with van der Waals surface area (Å²) >= 11 is 0. The lowest BCUT2D eigenvalue weighted by atomic mass is 9.99. The number of nitrogens with zero attached hydrogens (tertiary/aromatic N) is 2. The molecule has 2 rings (SSSR count). The third-order valence-electron chi connectivity index (χ3n) is 4.54. The molecule has 0 aliphatic carbocycles. The van der Waals surface area contributed by atoms with E-state index in [9.17, 15) is 0 Å². The molecule has 1 atom stereocenters. The highest BCUT2D eigenvalue weighted by Gasteiger charge is 2.17. The van der Waals surface area contributed by atoms with Gasteiger partial charge in [-0.3, -0.25) is 4.99 Å². The monoisotopic (exact) mass is 346 g/mol. The third-order valence-corrected chi connectivity index (χ3v) is 4.54. The Morgan fingerprint density at radius 3 is 2.84 bits per heavy atom. The van der Waals surface area contributed by atoms with Gasteiger partial charge in [0.05, 0.1) is 6.10 Å². The third kappa shape index (κ3) is 6.58. The Balaban J connectivity index is 1.88. The lowest BCUT2D eigenvalue weighted by Crippen LogP contribution is -2.43. The van der Waals surface area contributed by atoms with Crippen molar-refractivity contribution in [1.82, 2.24) is 15.5 Å². The van der Waals surface area contributed by atoms with E-state index in [1.165, 1.54) is 24.9 Å². The predicted octanol–water partition coefficient (Wildman–Crippen LogP) is 2.79. The van der Waals surface area contributed by atoms with Crippen LogP contribution in [-0.2, 0) is 6.54 Å². The molecule has 1 fully saturated rings. The van der Waals surface area contributed by atoms with Crippen LogP contribution in [0.4, 0.5) is 0 Å². The van der Waals surface area contributed by atoms with Crippen LogP contribution < -0.4 is 15.4 Å². The van der Waals surface area contributed by atoms with E-state index >= 15 is 0 Å². The Labute approximate surface area is 152 Å². The van der Waals surface area contributed by atoms with Crippen molar-refractivity contribution < 1.29 is 4.74 Å². The van der Waals surface area contributed by atoms with E-state index in [0.717, 1.165) is 30.4 Å². The molecule has 5 nitrogen and oxygen atoms in total. The maximum absolute atomic E-state index is 5.95. The van der Waals surface area contributed by atoms with Crippen molar-refractivity contribution in [3.05, 3.63) is 29.3 Å². The normalized spacial score (nSPS) is 19.1. The molecule has 0 amide bonds. The van der Waals surface area contributed by atoms with Crippen molar-refractivity contribution in [2.45, 2.75) is 46.3 Å². The Morgan fingerprint density at radius 1 is 1.36 bits per heavy atom. The maximum Gasteiger partial charge on any atom is 0.191 e. The molecule has 0 bridgehead atoms. The molecule has 140 valence electrons. The van der Waals surface area contributed by atoms with Crippen LogP contribution in [0.5, 0.6) is 5.75 Å². The van der Waals surface area contributed by atoms with E-state index in [0.29, 0.717) is 12.5 Å². The highest BCUT2D eigenvalue weighted by atomic mass is 16.5. The van der Waals surface area contributed by atoms with Crippen LogP contribution in [0.15, 0.2) is 23.2 Å². The Kier molecular flexibility index (Phi) is 7.56. The van der Waals surface area contributed by atoms with E-state index in [1.54, 1.807) is 0 Å². The number of guanidine groups is 1. The standard InChI is InChI=1S/C20H34N4O/c1-15(2)25-19-11-16(3)8-9-18(19)13-23-20(21-4)22-12-17-7-6-10-24(5)14-17/h8-9,11,15,17H,6-7,10,12-14H2,1-5H3,(H2,21,22,23). The van der Waals surface area contributed by atoms with Gasteiger partial charge >= 0.3 is 0 Å². The van der Waals surface area contributed by atoms with Gasteiger partial charge in [0.2, 0.25) is 0 Å². The van der Waals surface area contributed by atoms with Gasteiger partial charge in [0.15, 0.2) is 5.96 Å². The Hall–Kier alpha value is -1.75. The minimum Gasteiger partial charge on any atom is -0.491 e. The van der Waals surface area contributed by atoms with Gasteiger partial charge in [-0.1, -0.05) is 12.1 Å². The lowest BCUT2D eigenvalue weighted by molar-refractivity contribution is 0.210. The summed E-state index contributed by atoms with van der Waals surface area (Å²) in [7, 11) is 4.02. The average molecular weight is 347 g/mol. The second-order valence-electron chi connectivity index (χ2n) is 7.35. The number of hydrogen-bond donors (Lipinski definition) is 2. The number of aryl methyl sites for hydroxylation is 1. The molecule has 25 heavy (non-hydrogen) atoms. The van der Waals surface area contributed by atoms with Crippen molar-refractivity contribution in [2.75, 3.05) is 33.7 Å². The van der Waals surface area contributed by atoms with E-state index < -0.39 is 0 Å². The molecule has 1 unspecified atom stereocenters. The number of rotatable bonds is 6. The first-order chi connectivity index (χ1) is 12.0. The molecule has 1 aliphatic heterocycles. The molecule has 0 aromatic heterocycles. The average Bonchev–Trinajstić information content (AvgIpc) is 2.56. The van der Waals surface area contributed by atoms with Crippen LogP contribution in [0.2, 0.25) is 0 Å². The molecule has 1 aliphatic rings. The summed E-state index contributed by atoms with van der Waals surface area (Å²) in [4.78, 5) is 6.77. The summed E-state index contributed by atoms with van der Waals surface area (Å²) in [6, 6.07) is 6.35. The zero-order chi connectivity index (χ0) is 18.2. The summed E-state index contributed by atoms with van der Waals surface area (Å²) in [5.74, 6) is 2.49. The first-order valence-corrected chi connectivity index (χ1v) is 9.37. The predicted molar refractivity (Wildman–Crippen MR) is 105 cm³/mol. The highest BCUT2D eigenvalue weighted by Crippen LogP contribution is 2.21. The van der Waals surface area contributed by atoms with Crippen LogP contribution in [0.1, 0.15) is 37.8 Å². The number of ether oxygens (including phenoxy) is 1. The second kappa shape index (κ2) is 9.66. The van der Waals surface area contributed by atoms with Crippen molar-refractivity contribution in [3.63, 3.8) is 0 Å². The number of likely N-dealkylation sites (tertiary alicyclic amines) is 1. The SMILES string of the molecule is CN=C(NCc1ccc(C)cc1OC(C)C)NCC1CCCN(C)C1.